The number of anilines is 1. The van der Waals surface area contributed by atoms with Crippen LogP contribution in [0.3, 0.4) is 0 Å². The van der Waals surface area contributed by atoms with Gasteiger partial charge in [-0.25, -0.2) is 8.78 Å². The number of hydrogen-bond acceptors (Lipinski definition) is 3. The Bertz CT molecular complexity index is 536. The highest BCUT2D eigenvalue weighted by atomic mass is 19.1. The van der Waals surface area contributed by atoms with Crippen molar-refractivity contribution in [3.05, 3.63) is 29.3 Å². The van der Waals surface area contributed by atoms with Crippen molar-refractivity contribution >= 4 is 17.5 Å². The molecule has 0 aliphatic carbocycles. The van der Waals surface area contributed by atoms with Crippen molar-refractivity contribution in [3.63, 3.8) is 0 Å². The number of amides is 2. The van der Waals surface area contributed by atoms with Crippen LogP contribution >= 0.6 is 0 Å². The number of nitrogens with one attached hydrogen (secondary N) is 2. The molecule has 0 heterocycles. The molecule has 0 aliphatic heterocycles. The molecule has 0 bridgehead atoms. The van der Waals surface area contributed by atoms with Crippen LogP contribution in [0, 0.1) is 11.6 Å². The molecule has 1 aromatic carbocycles. The Morgan fingerprint density at radius 3 is 2.19 bits per heavy atom. The van der Waals surface area contributed by atoms with Gasteiger partial charge >= 0.3 is 0 Å². The van der Waals surface area contributed by atoms with Gasteiger partial charge in [-0.3, -0.25) is 9.59 Å². The van der Waals surface area contributed by atoms with Crippen LogP contribution in [0.5, 0.6) is 0 Å². The second-order valence-corrected chi connectivity index (χ2v) is 5.33. The fraction of sp³-hybridized carbons (Fsp3) is 0.429. The Morgan fingerprint density at radius 2 is 1.76 bits per heavy atom. The molecule has 116 valence electrons. The number of rotatable bonds is 6. The Morgan fingerprint density at radius 1 is 1.24 bits per heavy atom. The van der Waals surface area contributed by atoms with E-state index in [1.807, 2.05) is 0 Å². The van der Waals surface area contributed by atoms with Gasteiger partial charge in [-0.1, -0.05) is 0 Å². The zero-order valence-corrected chi connectivity index (χ0v) is 12.2. The SMILES string of the molecule is CCNc1c(F)cc(C(=O)NC(C)(C)CC(N)=O)cc1F. The van der Waals surface area contributed by atoms with Gasteiger partial charge in [0.2, 0.25) is 5.91 Å². The molecular weight excluding hydrogens is 280 g/mol. The average Bonchev–Trinajstić information content (AvgIpc) is 2.31. The quantitative estimate of drug-likeness (QED) is 0.748. The highest BCUT2D eigenvalue weighted by molar-refractivity contribution is 5.95. The molecule has 0 aromatic heterocycles. The number of hydrogen-bond donors (Lipinski definition) is 3. The summed E-state index contributed by atoms with van der Waals surface area (Å²) in [4.78, 5) is 22.9. The molecule has 0 radical (unpaired) electrons. The second kappa shape index (κ2) is 6.51. The zero-order chi connectivity index (χ0) is 16.2. The first-order chi connectivity index (χ1) is 9.66. The van der Waals surface area contributed by atoms with Gasteiger partial charge in [-0.15, -0.1) is 0 Å². The van der Waals surface area contributed by atoms with Gasteiger partial charge in [0.25, 0.3) is 5.91 Å². The Balaban J connectivity index is 2.96. The number of primary amides is 1. The minimum absolute atomic E-state index is 0.0841. The summed E-state index contributed by atoms with van der Waals surface area (Å²) in [6.07, 6.45) is -0.0841. The van der Waals surface area contributed by atoms with Crippen molar-refractivity contribution in [2.45, 2.75) is 32.7 Å². The lowest BCUT2D eigenvalue weighted by Gasteiger charge is -2.24. The first-order valence-electron chi connectivity index (χ1n) is 6.50. The number of halogens is 2. The third-order valence-electron chi connectivity index (χ3n) is 2.73. The van der Waals surface area contributed by atoms with E-state index in [1.54, 1.807) is 20.8 Å². The van der Waals surface area contributed by atoms with E-state index >= 15 is 0 Å². The zero-order valence-electron chi connectivity index (χ0n) is 12.2. The third kappa shape index (κ3) is 4.70. The molecule has 5 nitrogen and oxygen atoms in total. The summed E-state index contributed by atoms with van der Waals surface area (Å²) >= 11 is 0. The molecular formula is C14H19F2N3O2. The summed E-state index contributed by atoms with van der Waals surface area (Å²) < 4.78 is 27.5. The lowest BCUT2D eigenvalue weighted by atomic mass is 9.99. The summed E-state index contributed by atoms with van der Waals surface area (Å²) in [6, 6.07) is 1.88. The molecule has 21 heavy (non-hydrogen) atoms. The van der Waals surface area contributed by atoms with Gasteiger partial charge in [0.05, 0.1) is 0 Å². The molecule has 0 fully saturated rings. The average molecular weight is 299 g/mol. The summed E-state index contributed by atoms with van der Waals surface area (Å²) in [7, 11) is 0. The number of nitrogens with two attached hydrogens (primary N) is 1. The van der Waals surface area contributed by atoms with E-state index in [9.17, 15) is 18.4 Å². The van der Waals surface area contributed by atoms with Crippen LogP contribution in [0.25, 0.3) is 0 Å². The van der Waals surface area contributed by atoms with Crippen LogP contribution in [0.4, 0.5) is 14.5 Å². The molecule has 0 atom stereocenters. The number of benzene rings is 1. The molecule has 1 aromatic rings. The van der Waals surface area contributed by atoms with E-state index in [-0.39, 0.29) is 17.7 Å². The second-order valence-electron chi connectivity index (χ2n) is 5.33. The molecule has 0 saturated heterocycles. The van der Waals surface area contributed by atoms with E-state index < -0.39 is 29.0 Å². The summed E-state index contributed by atoms with van der Waals surface area (Å²) in [5.41, 5.74) is 3.73. The maximum absolute atomic E-state index is 13.7. The lowest BCUT2D eigenvalue weighted by Crippen LogP contribution is -2.46. The Hall–Kier alpha value is -2.18. The van der Waals surface area contributed by atoms with Gasteiger partial charge < -0.3 is 16.4 Å². The van der Waals surface area contributed by atoms with E-state index in [0.29, 0.717) is 6.54 Å². The predicted octanol–water partition coefficient (Wildman–Crippen LogP) is 1.78. The van der Waals surface area contributed by atoms with Crippen LogP contribution < -0.4 is 16.4 Å². The van der Waals surface area contributed by atoms with Gasteiger partial charge in [0.1, 0.15) is 17.3 Å². The van der Waals surface area contributed by atoms with Crippen molar-refractivity contribution in [2.75, 3.05) is 11.9 Å². The summed E-state index contributed by atoms with van der Waals surface area (Å²) in [6.45, 7) is 5.24. The van der Waals surface area contributed by atoms with Crippen molar-refractivity contribution in [1.29, 1.82) is 0 Å². The van der Waals surface area contributed by atoms with Gasteiger partial charge in [0, 0.05) is 24.1 Å². The minimum atomic E-state index is -0.907. The Kier molecular flexibility index (Phi) is 5.23. The lowest BCUT2D eigenvalue weighted by molar-refractivity contribution is -0.119. The van der Waals surface area contributed by atoms with Crippen LogP contribution in [-0.2, 0) is 4.79 Å². The highest BCUT2D eigenvalue weighted by Crippen LogP contribution is 2.21. The van der Waals surface area contributed by atoms with Crippen molar-refractivity contribution in [1.82, 2.24) is 5.32 Å². The molecule has 0 aliphatic rings. The first kappa shape index (κ1) is 16.9. The largest absolute Gasteiger partial charge is 0.381 e. The fourth-order valence-electron chi connectivity index (χ4n) is 1.91. The maximum Gasteiger partial charge on any atom is 0.251 e. The highest BCUT2D eigenvalue weighted by Gasteiger charge is 2.24. The van der Waals surface area contributed by atoms with Crippen molar-refractivity contribution < 1.29 is 18.4 Å². The van der Waals surface area contributed by atoms with E-state index in [2.05, 4.69) is 10.6 Å². The van der Waals surface area contributed by atoms with Crippen LogP contribution in [0.1, 0.15) is 37.6 Å². The monoisotopic (exact) mass is 299 g/mol. The number of carbonyl (C=O) groups is 2. The predicted molar refractivity (Wildman–Crippen MR) is 75.9 cm³/mol. The van der Waals surface area contributed by atoms with Gasteiger partial charge in [-0.05, 0) is 32.9 Å². The number of carbonyl (C=O) groups excluding carboxylic acids is 2. The molecule has 4 N–H and O–H groups in total. The summed E-state index contributed by atoms with van der Waals surface area (Å²) in [5.74, 6) is -2.97. The van der Waals surface area contributed by atoms with Crippen LogP contribution in [0.2, 0.25) is 0 Å². The van der Waals surface area contributed by atoms with Crippen molar-refractivity contribution in [3.8, 4) is 0 Å². The standard InChI is InChI=1S/C14H19F2N3O2/c1-4-18-12-9(15)5-8(6-10(12)16)13(21)19-14(2,3)7-11(17)20/h5-6,18H,4,7H2,1-3H3,(H2,17,20)(H,19,21). The minimum Gasteiger partial charge on any atom is -0.381 e. The fourth-order valence-corrected chi connectivity index (χ4v) is 1.91. The van der Waals surface area contributed by atoms with Gasteiger partial charge in [-0.2, -0.15) is 0 Å². The normalized spacial score (nSPS) is 11.1. The van der Waals surface area contributed by atoms with Crippen molar-refractivity contribution in [2.24, 2.45) is 5.73 Å². The van der Waals surface area contributed by atoms with E-state index in [0.717, 1.165) is 12.1 Å². The summed E-state index contributed by atoms with van der Waals surface area (Å²) in [5, 5.41) is 5.06. The topological polar surface area (TPSA) is 84.2 Å². The molecule has 2 amide bonds. The third-order valence-corrected chi connectivity index (χ3v) is 2.73. The molecule has 0 spiro atoms. The van der Waals surface area contributed by atoms with Crippen LogP contribution in [-0.4, -0.2) is 23.9 Å². The van der Waals surface area contributed by atoms with E-state index in [4.69, 9.17) is 5.73 Å². The Labute approximate surface area is 121 Å². The first-order valence-corrected chi connectivity index (χ1v) is 6.50. The van der Waals surface area contributed by atoms with Gasteiger partial charge in [0.15, 0.2) is 0 Å². The van der Waals surface area contributed by atoms with E-state index in [1.165, 1.54) is 0 Å². The molecule has 0 saturated carbocycles. The molecule has 0 unspecified atom stereocenters. The smallest absolute Gasteiger partial charge is 0.251 e. The maximum atomic E-state index is 13.7. The molecule has 1 rings (SSSR count). The van der Waals surface area contributed by atoms with Crippen LogP contribution in [0.15, 0.2) is 12.1 Å². The molecule has 7 heteroatoms.